The van der Waals surface area contributed by atoms with E-state index in [2.05, 4.69) is 29.2 Å². The van der Waals surface area contributed by atoms with Crippen LogP contribution < -0.4 is 11.3 Å². The molecule has 1 heterocycles. The number of nitrogens with one attached hydrogen (secondary N) is 1. The number of nitrogens with zero attached hydrogens (tertiary/aromatic N) is 2. The molecule has 4 heteroatoms. The lowest BCUT2D eigenvalue weighted by atomic mass is 9.87. The number of aliphatic imine (C=N–C) groups is 1. The minimum atomic E-state index is 0.536. The Morgan fingerprint density at radius 2 is 1.88 bits per heavy atom. The van der Waals surface area contributed by atoms with Gasteiger partial charge in [-0.2, -0.15) is 0 Å². The summed E-state index contributed by atoms with van der Waals surface area (Å²) in [4.78, 5) is 6.91. The number of likely N-dealkylation sites (tertiary alicyclic amines) is 1. The van der Waals surface area contributed by atoms with E-state index < -0.39 is 0 Å². The van der Waals surface area contributed by atoms with Gasteiger partial charge in [-0.15, -0.1) is 0 Å². The lowest BCUT2D eigenvalue weighted by Crippen LogP contribution is -2.48. The molecule has 0 aromatic carbocycles. The molecule has 0 unspecified atom stereocenters. The molecule has 0 amide bonds. The Hall–Kier alpha value is -0.770. The number of hydrazine groups is 1. The van der Waals surface area contributed by atoms with Crippen molar-refractivity contribution >= 4 is 5.96 Å². The van der Waals surface area contributed by atoms with Gasteiger partial charge in [0.15, 0.2) is 0 Å². The monoisotopic (exact) mass is 224 g/mol. The van der Waals surface area contributed by atoms with Gasteiger partial charge in [-0.05, 0) is 37.5 Å². The molecule has 1 aliphatic heterocycles. The molecule has 2 aliphatic rings. The quantitative estimate of drug-likeness (QED) is 0.322. The van der Waals surface area contributed by atoms with E-state index >= 15 is 0 Å². The van der Waals surface area contributed by atoms with Crippen molar-refractivity contribution in [3.05, 3.63) is 0 Å². The van der Waals surface area contributed by atoms with Crippen LogP contribution in [0.1, 0.15) is 39.5 Å². The molecule has 0 spiro atoms. The van der Waals surface area contributed by atoms with Gasteiger partial charge in [-0.25, -0.2) is 10.8 Å². The third kappa shape index (κ3) is 2.88. The highest BCUT2D eigenvalue weighted by Crippen LogP contribution is 2.26. The van der Waals surface area contributed by atoms with Crippen LogP contribution in [0.4, 0.5) is 0 Å². The summed E-state index contributed by atoms with van der Waals surface area (Å²) in [5, 5.41) is 0. The molecule has 2 rings (SSSR count). The summed E-state index contributed by atoms with van der Waals surface area (Å²) in [6, 6.07) is 0.536. The van der Waals surface area contributed by atoms with Crippen LogP contribution in [-0.2, 0) is 0 Å². The van der Waals surface area contributed by atoms with Crippen LogP contribution in [0.5, 0.6) is 0 Å². The SMILES string of the molecule is CC(C)C1CCN(C(=NC2CC2)NN)CC1. The van der Waals surface area contributed by atoms with Crippen molar-refractivity contribution in [1.82, 2.24) is 10.3 Å². The summed E-state index contributed by atoms with van der Waals surface area (Å²) >= 11 is 0. The summed E-state index contributed by atoms with van der Waals surface area (Å²) < 4.78 is 0. The minimum Gasteiger partial charge on any atom is -0.342 e. The Morgan fingerprint density at radius 1 is 1.25 bits per heavy atom. The van der Waals surface area contributed by atoms with Gasteiger partial charge >= 0.3 is 0 Å². The number of guanidine groups is 1. The smallest absolute Gasteiger partial charge is 0.208 e. The Balaban J connectivity index is 1.86. The number of hydrogen-bond donors (Lipinski definition) is 2. The van der Waals surface area contributed by atoms with Gasteiger partial charge in [0.2, 0.25) is 5.96 Å². The van der Waals surface area contributed by atoms with Gasteiger partial charge < -0.3 is 4.90 Å². The Bertz CT molecular complexity index is 250. The molecule has 1 saturated heterocycles. The van der Waals surface area contributed by atoms with E-state index in [1.807, 2.05) is 0 Å². The molecule has 1 aliphatic carbocycles. The molecular formula is C12H24N4. The zero-order chi connectivity index (χ0) is 11.5. The van der Waals surface area contributed by atoms with Crippen LogP contribution in [0.15, 0.2) is 4.99 Å². The number of piperidine rings is 1. The van der Waals surface area contributed by atoms with Gasteiger partial charge in [0.25, 0.3) is 0 Å². The van der Waals surface area contributed by atoms with Crippen LogP contribution in [0.25, 0.3) is 0 Å². The standard InChI is InChI=1S/C12H24N4/c1-9(2)10-5-7-16(8-6-10)12(15-13)14-11-3-4-11/h9-11H,3-8,13H2,1-2H3,(H,14,15). The predicted octanol–water partition coefficient (Wildman–Crippen LogP) is 1.34. The Labute approximate surface area is 98.3 Å². The van der Waals surface area contributed by atoms with Crippen molar-refractivity contribution in [3.63, 3.8) is 0 Å². The summed E-state index contributed by atoms with van der Waals surface area (Å²) in [6.07, 6.45) is 4.99. The Kier molecular flexibility index (Phi) is 3.69. The first-order chi connectivity index (χ1) is 7.70. The van der Waals surface area contributed by atoms with Crippen LogP contribution in [0.3, 0.4) is 0 Å². The van der Waals surface area contributed by atoms with E-state index in [0.717, 1.165) is 30.9 Å². The van der Waals surface area contributed by atoms with Crippen molar-refractivity contribution in [2.45, 2.75) is 45.6 Å². The summed E-state index contributed by atoms with van der Waals surface area (Å²) in [5.74, 6) is 8.13. The van der Waals surface area contributed by atoms with E-state index in [-0.39, 0.29) is 0 Å². The van der Waals surface area contributed by atoms with Crippen LogP contribution in [0, 0.1) is 11.8 Å². The second-order valence-electron chi connectivity index (χ2n) is 5.40. The van der Waals surface area contributed by atoms with Crippen LogP contribution >= 0.6 is 0 Å². The third-order valence-electron chi connectivity index (χ3n) is 3.76. The fourth-order valence-electron chi connectivity index (χ4n) is 2.36. The molecule has 3 N–H and O–H groups in total. The molecule has 16 heavy (non-hydrogen) atoms. The fraction of sp³-hybridized carbons (Fsp3) is 0.917. The Morgan fingerprint density at radius 3 is 2.31 bits per heavy atom. The maximum atomic E-state index is 5.55. The topological polar surface area (TPSA) is 53.6 Å². The van der Waals surface area contributed by atoms with Gasteiger partial charge in [0, 0.05) is 13.1 Å². The lowest BCUT2D eigenvalue weighted by molar-refractivity contribution is 0.215. The number of rotatable bonds is 2. The van der Waals surface area contributed by atoms with Gasteiger partial charge in [0.05, 0.1) is 6.04 Å². The molecule has 92 valence electrons. The lowest BCUT2D eigenvalue weighted by Gasteiger charge is -2.35. The third-order valence-corrected chi connectivity index (χ3v) is 3.76. The normalized spacial score (nSPS) is 24.0. The highest BCUT2D eigenvalue weighted by atomic mass is 15.4. The van der Waals surface area contributed by atoms with E-state index in [1.54, 1.807) is 0 Å². The second kappa shape index (κ2) is 5.04. The molecule has 4 nitrogen and oxygen atoms in total. The average Bonchev–Trinajstić information content (AvgIpc) is 3.10. The van der Waals surface area contributed by atoms with Crippen molar-refractivity contribution < 1.29 is 0 Å². The summed E-state index contributed by atoms with van der Waals surface area (Å²) in [6.45, 7) is 6.83. The zero-order valence-corrected chi connectivity index (χ0v) is 10.4. The molecule has 0 aromatic heterocycles. The molecule has 0 bridgehead atoms. The second-order valence-corrected chi connectivity index (χ2v) is 5.40. The van der Waals surface area contributed by atoms with Gasteiger partial charge in [-0.1, -0.05) is 13.8 Å². The van der Waals surface area contributed by atoms with Crippen molar-refractivity contribution in [2.75, 3.05) is 13.1 Å². The van der Waals surface area contributed by atoms with Gasteiger partial charge in [-0.3, -0.25) is 5.43 Å². The van der Waals surface area contributed by atoms with E-state index in [1.165, 1.54) is 25.7 Å². The molecule has 0 aromatic rings. The van der Waals surface area contributed by atoms with Crippen molar-refractivity contribution in [3.8, 4) is 0 Å². The van der Waals surface area contributed by atoms with E-state index in [0.29, 0.717) is 6.04 Å². The molecule has 0 atom stereocenters. The minimum absolute atomic E-state index is 0.536. The summed E-state index contributed by atoms with van der Waals surface area (Å²) in [5.41, 5.74) is 2.76. The molecule has 2 fully saturated rings. The number of nitrogens with two attached hydrogens (primary N) is 1. The van der Waals surface area contributed by atoms with Crippen LogP contribution in [-0.4, -0.2) is 30.0 Å². The average molecular weight is 224 g/mol. The first-order valence-electron chi connectivity index (χ1n) is 6.50. The summed E-state index contributed by atoms with van der Waals surface area (Å²) in [7, 11) is 0. The first kappa shape index (κ1) is 11.7. The maximum Gasteiger partial charge on any atom is 0.208 e. The maximum absolute atomic E-state index is 5.55. The molecule has 1 saturated carbocycles. The number of hydrogen-bond acceptors (Lipinski definition) is 2. The van der Waals surface area contributed by atoms with Crippen molar-refractivity contribution in [1.29, 1.82) is 0 Å². The van der Waals surface area contributed by atoms with Gasteiger partial charge in [0.1, 0.15) is 0 Å². The van der Waals surface area contributed by atoms with E-state index in [4.69, 9.17) is 5.84 Å². The zero-order valence-electron chi connectivity index (χ0n) is 10.4. The predicted molar refractivity (Wildman–Crippen MR) is 66.9 cm³/mol. The molecule has 0 radical (unpaired) electrons. The fourth-order valence-corrected chi connectivity index (χ4v) is 2.36. The largest absolute Gasteiger partial charge is 0.342 e. The van der Waals surface area contributed by atoms with Crippen molar-refractivity contribution in [2.24, 2.45) is 22.7 Å². The van der Waals surface area contributed by atoms with Crippen LogP contribution in [0.2, 0.25) is 0 Å². The van der Waals surface area contributed by atoms with E-state index in [9.17, 15) is 0 Å². The highest BCUT2D eigenvalue weighted by molar-refractivity contribution is 5.79. The first-order valence-corrected chi connectivity index (χ1v) is 6.50. The molecular weight excluding hydrogens is 200 g/mol. The highest BCUT2D eigenvalue weighted by Gasteiger charge is 2.26.